The summed E-state index contributed by atoms with van der Waals surface area (Å²) in [4.78, 5) is 4.67. The molecule has 0 aliphatic carbocycles. The van der Waals surface area contributed by atoms with Crippen LogP contribution in [0.5, 0.6) is 5.75 Å². The molecule has 1 fully saturated rings. The van der Waals surface area contributed by atoms with E-state index in [4.69, 9.17) is 14.2 Å². The molecule has 0 radical (unpaired) electrons. The van der Waals surface area contributed by atoms with Gasteiger partial charge in [0.2, 0.25) is 0 Å². The van der Waals surface area contributed by atoms with Gasteiger partial charge in [-0.2, -0.15) is 0 Å². The molecule has 0 N–H and O–H groups in total. The number of ether oxygens (including phenoxy) is 3. The van der Waals surface area contributed by atoms with Crippen LogP contribution in [-0.2, 0) is 9.47 Å². The molecule has 0 amide bonds. The van der Waals surface area contributed by atoms with E-state index in [0.717, 1.165) is 48.8 Å². The van der Waals surface area contributed by atoms with E-state index in [1.165, 1.54) is 83.5 Å². The van der Waals surface area contributed by atoms with Crippen molar-refractivity contribution in [1.29, 1.82) is 0 Å². The smallest absolute Gasteiger partial charge is 0.185 e. The second-order valence-corrected chi connectivity index (χ2v) is 10.4. The summed E-state index contributed by atoms with van der Waals surface area (Å²) < 4.78 is 18.0. The fourth-order valence-corrected chi connectivity index (χ4v) is 4.80. The lowest BCUT2D eigenvalue weighted by Gasteiger charge is -2.29. The minimum absolute atomic E-state index is 0.297. The van der Waals surface area contributed by atoms with Gasteiger partial charge in [-0.1, -0.05) is 97.0 Å². The predicted octanol–water partition coefficient (Wildman–Crippen LogP) is 9.29. The molecule has 4 nitrogen and oxygen atoms in total. The maximum absolute atomic E-state index is 6.04. The molecule has 0 saturated carbocycles. The van der Waals surface area contributed by atoms with Gasteiger partial charge in [0.15, 0.2) is 6.29 Å². The van der Waals surface area contributed by atoms with Gasteiger partial charge in [-0.15, -0.1) is 0 Å². The largest absolute Gasteiger partial charge is 0.494 e. The zero-order valence-corrected chi connectivity index (χ0v) is 22.9. The molecule has 3 rings (SSSR count). The Balaban J connectivity index is 1.33. The fourth-order valence-electron chi connectivity index (χ4n) is 4.80. The molecule has 0 unspecified atom stereocenters. The maximum atomic E-state index is 6.04. The third-order valence-electron chi connectivity index (χ3n) is 7.16. The number of benzene rings is 1. The van der Waals surface area contributed by atoms with Gasteiger partial charge in [0.1, 0.15) is 5.75 Å². The number of unbranched alkanes of at least 4 members (excludes halogenated alkanes) is 11. The van der Waals surface area contributed by atoms with E-state index in [1.54, 1.807) is 0 Å². The Bertz CT molecular complexity index is 797. The van der Waals surface area contributed by atoms with Crippen LogP contribution in [0.1, 0.15) is 116 Å². The maximum Gasteiger partial charge on any atom is 0.185 e. The van der Waals surface area contributed by atoms with Crippen LogP contribution in [0.25, 0.3) is 11.3 Å². The highest BCUT2D eigenvalue weighted by Gasteiger charge is 2.23. The standard InChI is InChI=1S/C32H49NO3/c1-3-5-7-9-11-12-14-16-27-25-35-32(36-26-27)29-19-22-31(33-24-29)28-17-20-30(21-18-28)34-23-15-13-10-8-6-4-2/h17-22,24,27,32H,3-16,23,25-26H2,1-2H3. The summed E-state index contributed by atoms with van der Waals surface area (Å²) >= 11 is 0. The molecule has 2 heterocycles. The molecular formula is C32H49NO3. The first kappa shape index (κ1) is 28.7. The zero-order chi connectivity index (χ0) is 25.3. The molecule has 1 aliphatic rings. The van der Waals surface area contributed by atoms with Gasteiger partial charge in [0.05, 0.1) is 25.5 Å². The first-order chi connectivity index (χ1) is 17.8. The predicted molar refractivity (Wildman–Crippen MR) is 149 cm³/mol. The summed E-state index contributed by atoms with van der Waals surface area (Å²) in [7, 11) is 0. The van der Waals surface area contributed by atoms with Crippen molar-refractivity contribution in [3.8, 4) is 17.0 Å². The average molecular weight is 496 g/mol. The SMILES string of the molecule is CCCCCCCCCC1COC(c2ccc(-c3ccc(OCCCCCCCC)cc3)nc2)OC1. The van der Waals surface area contributed by atoms with Crippen LogP contribution >= 0.6 is 0 Å². The van der Waals surface area contributed by atoms with Crippen LogP contribution in [0.15, 0.2) is 42.6 Å². The Kier molecular flexibility index (Phi) is 14.0. The van der Waals surface area contributed by atoms with E-state index in [1.807, 2.05) is 18.3 Å². The molecular weight excluding hydrogens is 446 g/mol. The van der Waals surface area contributed by atoms with E-state index in [9.17, 15) is 0 Å². The Morgan fingerprint density at radius 1 is 0.722 bits per heavy atom. The summed E-state index contributed by atoms with van der Waals surface area (Å²) in [5.41, 5.74) is 3.04. The number of hydrogen-bond donors (Lipinski definition) is 0. The van der Waals surface area contributed by atoms with Crippen LogP contribution in [0.4, 0.5) is 0 Å². The lowest BCUT2D eigenvalue weighted by atomic mass is 10.0. The first-order valence-corrected chi connectivity index (χ1v) is 14.7. The second kappa shape index (κ2) is 17.5. The third kappa shape index (κ3) is 10.6. The highest BCUT2D eigenvalue weighted by molar-refractivity contribution is 5.60. The highest BCUT2D eigenvalue weighted by atomic mass is 16.7. The lowest BCUT2D eigenvalue weighted by Crippen LogP contribution is -2.27. The number of hydrogen-bond acceptors (Lipinski definition) is 4. The van der Waals surface area contributed by atoms with E-state index in [-0.39, 0.29) is 6.29 Å². The summed E-state index contributed by atoms with van der Waals surface area (Å²) in [6.45, 7) is 6.88. The van der Waals surface area contributed by atoms with E-state index < -0.39 is 0 Å². The Morgan fingerprint density at radius 2 is 1.33 bits per heavy atom. The normalized spacial score (nSPS) is 17.8. The van der Waals surface area contributed by atoms with Gasteiger partial charge >= 0.3 is 0 Å². The molecule has 4 heteroatoms. The molecule has 1 aliphatic heterocycles. The van der Waals surface area contributed by atoms with E-state index in [0.29, 0.717) is 5.92 Å². The molecule has 1 saturated heterocycles. The molecule has 1 aromatic heterocycles. The van der Waals surface area contributed by atoms with Crippen molar-refractivity contribution in [3.05, 3.63) is 48.2 Å². The summed E-state index contributed by atoms with van der Waals surface area (Å²) in [5.74, 6) is 1.45. The minimum atomic E-state index is -0.297. The summed E-state index contributed by atoms with van der Waals surface area (Å²) in [6.07, 6.45) is 19.9. The number of rotatable bonds is 18. The zero-order valence-electron chi connectivity index (χ0n) is 22.9. The summed E-state index contributed by atoms with van der Waals surface area (Å²) in [5, 5.41) is 0. The van der Waals surface area contributed by atoms with Crippen molar-refractivity contribution in [1.82, 2.24) is 4.98 Å². The van der Waals surface area contributed by atoms with Gasteiger partial charge in [0, 0.05) is 23.2 Å². The molecule has 2 aromatic rings. The topological polar surface area (TPSA) is 40.6 Å². The molecule has 200 valence electrons. The number of aromatic nitrogens is 1. The van der Waals surface area contributed by atoms with Gasteiger partial charge in [-0.05, 0) is 43.2 Å². The Morgan fingerprint density at radius 3 is 1.94 bits per heavy atom. The second-order valence-electron chi connectivity index (χ2n) is 10.4. The van der Waals surface area contributed by atoms with Gasteiger partial charge in [-0.3, -0.25) is 4.98 Å². The van der Waals surface area contributed by atoms with Crippen LogP contribution in [0, 0.1) is 5.92 Å². The van der Waals surface area contributed by atoms with E-state index >= 15 is 0 Å². The molecule has 1 aromatic carbocycles. The minimum Gasteiger partial charge on any atom is -0.494 e. The Labute approximate surface area is 220 Å². The first-order valence-electron chi connectivity index (χ1n) is 14.7. The van der Waals surface area contributed by atoms with Gasteiger partial charge < -0.3 is 14.2 Å². The number of pyridine rings is 1. The van der Waals surface area contributed by atoms with Crippen LogP contribution in [0.3, 0.4) is 0 Å². The van der Waals surface area contributed by atoms with E-state index in [2.05, 4.69) is 43.1 Å². The van der Waals surface area contributed by atoms with Gasteiger partial charge in [0.25, 0.3) is 0 Å². The van der Waals surface area contributed by atoms with Crippen LogP contribution < -0.4 is 4.74 Å². The van der Waals surface area contributed by atoms with Crippen molar-refractivity contribution >= 4 is 0 Å². The average Bonchev–Trinajstić information content (AvgIpc) is 2.93. The quantitative estimate of drug-likeness (QED) is 0.193. The number of nitrogens with zero attached hydrogens (tertiary/aromatic N) is 1. The summed E-state index contributed by atoms with van der Waals surface area (Å²) in [6, 6.07) is 12.4. The molecule has 0 atom stereocenters. The van der Waals surface area contributed by atoms with Crippen molar-refractivity contribution in [2.45, 2.75) is 110 Å². The molecule has 0 bridgehead atoms. The molecule has 36 heavy (non-hydrogen) atoms. The third-order valence-corrected chi connectivity index (χ3v) is 7.16. The van der Waals surface area contributed by atoms with Crippen LogP contribution in [0.2, 0.25) is 0 Å². The Hall–Kier alpha value is -1.91. The van der Waals surface area contributed by atoms with Crippen molar-refractivity contribution in [3.63, 3.8) is 0 Å². The van der Waals surface area contributed by atoms with Crippen LogP contribution in [-0.4, -0.2) is 24.8 Å². The van der Waals surface area contributed by atoms with Crippen molar-refractivity contribution < 1.29 is 14.2 Å². The lowest BCUT2D eigenvalue weighted by molar-refractivity contribution is -0.206. The monoisotopic (exact) mass is 495 g/mol. The fraction of sp³-hybridized carbons (Fsp3) is 0.656. The van der Waals surface area contributed by atoms with Crippen molar-refractivity contribution in [2.75, 3.05) is 19.8 Å². The highest BCUT2D eigenvalue weighted by Crippen LogP contribution is 2.28. The molecule has 0 spiro atoms. The van der Waals surface area contributed by atoms with Crippen molar-refractivity contribution in [2.24, 2.45) is 5.92 Å². The van der Waals surface area contributed by atoms with Gasteiger partial charge in [-0.25, -0.2) is 0 Å².